The molecule has 4 nitrogen and oxygen atoms in total. The highest BCUT2D eigenvalue weighted by Crippen LogP contribution is 2.30. The molecule has 0 radical (unpaired) electrons. The van der Waals surface area contributed by atoms with Gasteiger partial charge in [-0.3, -0.25) is 0 Å². The number of ether oxygens (including phenoxy) is 2. The van der Waals surface area contributed by atoms with E-state index in [2.05, 4.69) is 20.8 Å². The van der Waals surface area contributed by atoms with Crippen molar-refractivity contribution >= 4 is 11.9 Å². The Labute approximate surface area is 154 Å². The van der Waals surface area contributed by atoms with Gasteiger partial charge < -0.3 is 9.47 Å². The molecule has 0 aromatic heterocycles. The number of esters is 2. The fraction of sp³-hybridized carbons (Fsp3) is 0.810. The van der Waals surface area contributed by atoms with Crippen molar-refractivity contribution in [3.63, 3.8) is 0 Å². The predicted molar refractivity (Wildman–Crippen MR) is 102 cm³/mol. The van der Waals surface area contributed by atoms with Crippen LogP contribution in [0.25, 0.3) is 0 Å². The van der Waals surface area contributed by atoms with E-state index < -0.39 is 0 Å². The summed E-state index contributed by atoms with van der Waals surface area (Å²) < 4.78 is 10.9. The second-order valence-electron chi connectivity index (χ2n) is 9.28. The summed E-state index contributed by atoms with van der Waals surface area (Å²) in [5, 5.41) is 0. The van der Waals surface area contributed by atoms with Gasteiger partial charge >= 0.3 is 11.9 Å². The largest absolute Gasteiger partial charge is 0.462 e. The molecule has 0 aliphatic heterocycles. The molecule has 0 spiro atoms. The second kappa shape index (κ2) is 10.6. The average Bonchev–Trinajstić information content (AvgIpc) is 2.44. The Morgan fingerprint density at radius 1 is 0.720 bits per heavy atom. The van der Waals surface area contributed by atoms with Crippen LogP contribution in [-0.4, -0.2) is 25.2 Å². The van der Waals surface area contributed by atoms with E-state index in [1.807, 2.05) is 41.5 Å². The molecule has 0 bridgehead atoms. The smallest absolute Gasteiger partial charge is 0.334 e. The number of carbonyl (C=O) groups excluding carboxylic acids is 2. The first kappa shape index (κ1) is 23.7. The molecule has 146 valence electrons. The Hall–Kier alpha value is -1.32. The lowest BCUT2D eigenvalue weighted by molar-refractivity contribution is -0.143. The first-order chi connectivity index (χ1) is 11.3. The van der Waals surface area contributed by atoms with Crippen LogP contribution in [0.15, 0.2) is 11.1 Å². The highest BCUT2D eigenvalue weighted by molar-refractivity contribution is 6.00. The van der Waals surface area contributed by atoms with E-state index in [0.29, 0.717) is 37.2 Å². The van der Waals surface area contributed by atoms with Crippen LogP contribution in [0.5, 0.6) is 0 Å². The number of carbonyl (C=O) groups is 2. The summed E-state index contributed by atoms with van der Waals surface area (Å²) in [6.07, 6.45) is 1.00. The first-order valence-electron chi connectivity index (χ1n) is 9.39. The van der Waals surface area contributed by atoms with Crippen LogP contribution in [0.1, 0.15) is 75.2 Å². The third kappa shape index (κ3) is 11.0. The molecule has 0 aromatic rings. The zero-order chi connectivity index (χ0) is 19.8. The summed E-state index contributed by atoms with van der Waals surface area (Å²) in [6.45, 7) is 18.9. The Bertz CT molecular complexity index is 465. The van der Waals surface area contributed by atoms with Gasteiger partial charge in [-0.2, -0.15) is 0 Å². The fourth-order valence-electron chi connectivity index (χ4n) is 2.23. The van der Waals surface area contributed by atoms with Crippen LogP contribution in [0, 0.1) is 23.2 Å². The summed E-state index contributed by atoms with van der Waals surface area (Å²) >= 11 is 0. The van der Waals surface area contributed by atoms with Crippen molar-refractivity contribution in [2.75, 3.05) is 13.2 Å². The van der Waals surface area contributed by atoms with Gasteiger partial charge in [-0.15, -0.1) is 0 Å². The van der Waals surface area contributed by atoms with Gasteiger partial charge in [-0.25, -0.2) is 9.59 Å². The van der Waals surface area contributed by atoms with Crippen molar-refractivity contribution in [3.8, 4) is 0 Å². The van der Waals surface area contributed by atoms with E-state index in [4.69, 9.17) is 9.47 Å². The molecule has 0 atom stereocenters. The van der Waals surface area contributed by atoms with Gasteiger partial charge in [-0.1, -0.05) is 62.3 Å². The minimum absolute atomic E-state index is 0.132. The molecular formula is C21H38O4. The minimum Gasteiger partial charge on any atom is -0.462 e. The maximum Gasteiger partial charge on any atom is 0.334 e. The number of hydrogen-bond acceptors (Lipinski definition) is 4. The first-order valence-corrected chi connectivity index (χ1v) is 9.39. The Balaban J connectivity index is 5.76. The van der Waals surface area contributed by atoms with E-state index in [1.165, 1.54) is 0 Å². The van der Waals surface area contributed by atoms with Gasteiger partial charge in [0.1, 0.15) is 0 Å². The normalized spacial score (nSPS) is 13.3. The van der Waals surface area contributed by atoms with Crippen LogP contribution in [0.2, 0.25) is 0 Å². The van der Waals surface area contributed by atoms with Gasteiger partial charge in [0.2, 0.25) is 0 Å². The monoisotopic (exact) mass is 354 g/mol. The van der Waals surface area contributed by atoms with Crippen molar-refractivity contribution in [1.82, 2.24) is 0 Å². The van der Waals surface area contributed by atoms with Crippen LogP contribution in [0.4, 0.5) is 0 Å². The van der Waals surface area contributed by atoms with E-state index in [-0.39, 0.29) is 35.1 Å². The van der Waals surface area contributed by atoms with E-state index >= 15 is 0 Å². The highest BCUT2D eigenvalue weighted by Gasteiger charge is 2.28. The lowest BCUT2D eigenvalue weighted by Gasteiger charge is -2.23. The molecule has 0 saturated heterocycles. The lowest BCUT2D eigenvalue weighted by Crippen LogP contribution is -2.23. The van der Waals surface area contributed by atoms with Crippen molar-refractivity contribution < 1.29 is 19.1 Å². The summed E-state index contributed by atoms with van der Waals surface area (Å²) in [4.78, 5) is 25.4. The van der Waals surface area contributed by atoms with Gasteiger partial charge in [0.05, 0.1) is 13.2 Å². The number of rotatable bonds is 9. The Morgan fingerprint density at radius 3 is 1.44 bits per heavy atom. The number of hydrogen-bond donors (Lipinski definition) is 0. The average molecular weight is 355 g/mol. The predicted octanol–water partition coefficient (Wildman–Crippen LogP) is 5.16. The van der Waals surface area contributed by atoms with Crippen molar-refractivity contribution in [2.45, 2.75) is 75.2 Å². The van der Waals surface area contributed by atoms with Gasteiger partial charge in [0.15, 0.2) is 0 Å². The van der Waals surface area contributed by atoms with Crippen molar-refractivity contribution in [3.05, 3.63) is 11.1 Å². The molecule has 0 aromatic carbocycles. The zero-order valence-electron chi connectivity index (χ0n) is 17.7. The quantitative estimate of drug-likeness (QED) is 0.424. The van der Waals surface area contributed by atoms with E-state index in [0.717, 1.165) is 0 Å². The summed E-state index contributed by atoms with van der Waals surface area (Å²) in [5.41, 5.74) is 0.808. The Morgan fingerprint density at radius 2 is 1.12 bits per heavy atom. The summed E-state index contributed by atoms with van der Waals surface area (Å²) in [5.74, 6) is -0.0251. The van der Waals surface area contributed by atoms with Crippen LogP contribution in [0.3, 0.4) is 0 Å². The Kier molecular flexibility index (Phi) is 10.1. The molecule has 0 fully saturated rings. The van der Waals surface area contributed by atoms with Crippen LogP contribution in [-0.2, 0) is 19.1 Å². The topological polar surface area (TPSA) is 52.6 Å². The molecule has 4 heteroatoms. The molecule has 0 aliphatic rings. The van der Waals surface area contributed by atoms with Crippen LogP contribution >= 0.6 is 0 Å². The third-order valence-electron chi connectivity index (χ3n) is 3.27. The molecule has 0 heterocycles. The molecular weight excluding hydrogens is 316 g/mol. The minimum atomic E-state index is -0.388. The second-order valence-corrected chi connectivity index (χ2v) is 9.28. The van der Waals surface area contributed by atoms with Gasteiger partial charge in [0, 0.05) is 11.1 Å². The highest BCUT2D eigenvalue weighted by atomic mass is 16.5. The standard InChI is InChI=1S/C21H38O4/c1-14(2)10-17(19(22)24-12-15(3)4)18(11-21(7,8)9)20(23)25-13-16(5)6/h14-16H,10-13H2,1-9H3/b18-17-. The lowest BCUT2D eigenvalue weighted by atomic mass is 9.84. The SMILES string of the molecule is CC(C)COC(=O)/C(CC(C)C)=C(/CC(C)(C)C)C(=O)OCC(C)C. The van der Waals surface area contributed by atoms with Crippen molar-refractivity contribution in [1.29, 1.82) is 0 Å². The molecule has 0 rings (SSSR count). The van der Waals surface area contributed by atoms with E-state index in [9.17, 15) is 9.59 Å². The maximum atomic E-state index is 12.7. The molecule has 0 amide bonds. The fourth-order valence-corrected chi connectivity index (χ4v) is 2.23. The van der Waals surface area contributed by atoms with Crippen LogP contribution < -0.4 is 0 Å². The van der Waals surface area contributed by atoms with Gasteiger partial charge in [-0.05, 0) is 36.0 Å². The van der Waals surface area contributed by atoms with E-state index in [1.54, 1.807) is 0 Å². The molecule has 0 aliphatic carbocycles. The molecule has 25 heavy (non-hydrogen) atoms. The van der Waals surface area contributed by atoms with Crippen molar-refractivity contribution in [2.24, 2.45) is 23.2 Å². The molecule has 0 saturated carbocycles. The summed E-state index contributed by atoms with van der Waals surface area (Å²) in [6, 6.07) is 0. The summed E-state index contributed by atoms with van der Waals surface area (Å²) in [7, 11) is 0. The molecule has 0 unspecified atom stereocenters. The zero-order valence-corrected chi connectivity index (χ0v) is 17.7. The van der Waals surface area contributed by atoms with Gasteiger partial charge in [0.25, 0.3) is 0 Å². The molecule has 0 N–H and O–H groups in total. The third-order valence-corrected chi connectivity index (χ3v) is 3.27. The maximum absolute atomic E-state index is 12.7.